The largest absolute Gasteiger partial charge is 0.324 e. The molecule has 0 radical (unpaired) electrons. The van der Waals surface area contributed by atoms with Gasteiger partial charge in [0.25, 0.3) is 5.91 Å². The SMILES string of the molecule is Cc1ccccc1C(=O)Nc1ccccc1N1CCCN(Cc2ccc(F)cc2)C1=O. The summed E-state index contributed by atoms with van der Waals surface area (Å²) in [6, 6.07) is 20.8. The molecule has 6 heteroatoms. The summed E-state index contributed by atoms with van der Waals surface area (Å²) in [6.45, 7) is 3.50. The first kappa shape index (κ1) is 20.6. The molecule has 0 unspecified atom stereocenters. The number of nitrogens with zero attached hydrogens (tertiary/aromatic N) is 2. The van der Waals surface area contributed by atoms with Crippen LogP contribution in [0.5, 0.6) is 0 Å². The first-order valence-electron chi connectivity index (χ1n) is 10.3. The molecule has 1 aliphatic rings. The average Bonchev–Trinajstić information content (AvgIpc) is 2.77. The van der Waals surface area contributed by atoms with E-state index < -0.39 is 0 Å². The summed E-state index contributed by atoms with van der Waals surface area (Å²) < 4.78 is 13.2. The van der Waals surface area contributed by atoms with Gasteiger partial charge in [-0.1, -0.05) is 42.5 Å². The lowest BCUT2D eigenvalue weighted by atomic mass is 10.1. The fourth-order valence-corrected chi connectivity index (χ4v) is 3.79. The van der Waals surface area contributed by atoms with Gasteiger partial charge in [-0.2, -0.15) is 0 Å². The molecular formula is C25H24FN3O2. The highest BCUT2D eigenvalue weighted by Gasteiger charge is 2.28. The lowest BCUT2D eigenvalue weighted by Gasteiger charge is -2.36. The fourth-order valence-electron chi connectivity index (χ4n) is 3.79. The van der Waals surface area contributed by atoms with Crippen LogP contribution in [0.4, 0.5) is 20.6 Å². The van der Waals surface area contributed by atoms with E-state index in [-0.39, 0.29) is 17.8 Å². The van der Waals surface area contributed by atoms with Crippen molar-refractivity contribution in [3.05, 3.63) is 95.3 Å². The Hall–Kier alpha value is -3.67. The summed E-state index contributed by atoms with van der Waals surface area (Å²) in [6.07, 6.45) is 0.799. The van der Waals surface area contributed by atoms with E-state index in [0.29, 0.717) is 36.6 Å². The summed E-state index contributed by atoms with van der Waals surface area (Å²) in [5.74, 6) is -0.508. The zero-order valence-corrected chi connectivity index (χ0v) is 17.3. The predicted octanol–water partition coefficient (Wildman–Crippen LogP) is 5.22. The normalized spacial score (nSPS) is 13.9. The molecule has 3 amide bonds. The number of rotatable bonds is 5. The quantitative estimate of drug-likeness (QED) is 0.619. The first-order chi connectivity index (χ1) is 15.0. The van der Waals surface area contributed by atoms with Crippen LogP contribution in [0.1, 0.15) is 27.9 Å². The van der Waals surface area contributed by atoms with Crippen LogP contribution in [0, 0.1) is 12.7 Å². The zero-order valence-electron chi connectivity index (χ0n) is 17.3. The third-order valence-corrected chi connectivity index (χ3v) is 5.43. The number of amides is 3. The van der Waals surface area contributed by atoms with Crippen molar-refractivity contribution in [1.82, 2.24) is 4.90 Å². The van der Waals surface area contributed by atoms with E-state index in [9.17, 15) is 14.0 Å². The highest BCUT2D eigenvalue weighted by atomic mass is 19.1. The van der Waals surface area contributed by atoms with Gasteiger partial charge in [-0.15, -0.1) is 0 Å². The van der Waals surface area contributed by atoms with Crippen LogP contribution >= 0.6 is 0 Å². The Balaban J connectivity index is 1.55. The summed E-state index contributed by atoms with van der Waals surface area (Å²) in [7, 11) is 0. The van der Waals surface area contributed by atoms with Crippen molar-refractivity contribution >= 4 is 23.3 Å². The molecule has 1 heterocycles. The summed E-state index contributed by atoms with van der Waals surface area (Å²) in [5.41, 5.74) is 3.61. The molecule has 1 saturated heterocycles. The number of carbonyl (C=O) groups excluding carboxylic acids is 2. The van der Waals surface area contributed by atoms with Gasteiger partial charge < -0.3 is 10.2 Å². The number of hydrogen-bond acceptors (Lipinski definition) is 2. The third kappa shape index (κ3) is 4.58. The molecule has 0 atom stereocenters. The van der Waals surface area contributed by atoms with Gasteiger partial charge in [0, 0.05) is 25.2 Å². The lowest BCUT2D eigenvalue weighted by Crippen LogP contribution is -2.49. The number of carbonyl (C=O) groups is 2. The number of anilines is 2. The minimum atomic E-state index is -0.298. The van der Waals surface area contributed by atoms with Crippen molar-refractivity contribution in [2.24, 2.45) is 0 Å². The molecule has 0 bridgehead atoms. The maximum absolute atomic E-state index is 13.2. The molecule has 158 valence electrons. The zero-order chi connectivity index (χ0) is 21.8. The van der Waals surface area contributed by atoms with E-state index in [1.807, 2.05) is 43.3 Å². The van der Waals surface area contributed by atoms with Crippen LogP contribution < -0.4 is 10.2 Å². The van der Waals surface area contributed by atoms with Gasteiger partial charge >= 0.3 is 6.03 Å². The van der Waals surface area contributed by atoms with Gasteiger partial charge in [0.05, 0.1) is 11.4 Å². The second kappa shape index (κ2) is 9.00. The molecule has 4 rings (SSSR count). The van der Waals surface area contributed by atoms with Gasteiger partial charge in [-0.05, 0) is 54.8 Å². The molecule has 1 aliphatic heterocycles. The molecule has 3 aromatic rings. The second-order valence-corrected chi connectivity index (χ2v) is 7.62. The minimum Gasteiger partial charge on any atom is -0.320 e. The van der Waals surface area contributed by atoms with Crippen LogP contribution in [0.2, 0.25) is 0 Å². The molecule has 1 fully saturated rings. The number of urea groups is 1. The van der Waals surface area contributed by atoms with Crippen molar-refractivity contribution in [1.29, 1.82) is 0 Å². The molecule has 3 aromatic carbocycles. The van der Waals surface area contributed by atoms with Crippen LogP contribution in [-0.4, -0.2) is 29.9 Å². The van der Waals surface area contributed by atoms with Crippen molar-refractivity contribution in [2.75, 3.05) is 23.3 Å². The molecule has 0 spiro atoms. The third-order valence-electron chi connectivity index (χ3n) is 5.43. The lowest BCUT2D eigenvalue weighted by molar-refractivity contribution is 0.102. The minimum absolute atomic E-state index is 0.131. The van der Waals surface area contributed by atoms with E-state index in [0.717, 1.165) is 17.5 Å². The molecule has 0 aromatic heterocycles. The molecule has 31 heavy (non-hydrogen) atoms. The smallest absolute Gasteiger partial charge is 0.320 e. The Kier molecular flexibility index (Phi) is 5.98. The van der Waals surface area contributed by atoms with Crippen molar-refractivity contribution in [3.63, 3.8) is 0 Å². The van der Waals surface area contributed by atoms with Crippen molar-refractivity contribution < 1.29 is 14.0 Å². The van der Waals surface area contributed by atoms with E-state index >= 15 is 0 Å². The van der Waals surface area contributed by atoms with E-state index in [2.05, 4.69) is 5.32 Å². The summed E-state index contributed by atoms with van der Waals surface area (Å²) in [5, 5.41) is 2.96. The Morgan fingerprint density at radius 2 is 1.68 bits per heavy atom. The summed E-state index contributed by atoms with van der Waals surface area (Å²) >= 11 is 0. The number of benzene rings is 3. The van der Waals surface area contributed by atoms with Crippen LogP contribution in [-0.2, 0) is 6.54 Å². The van der Waals surface area contributed by atoms with E-state index in [1.165, 1.54) is 12.1 Å². The van der Waals surface area contributed by atoms with Gasteiger partial charge in [0.15, 0.2) is 0 Å². The standard InChI is InChI=1S/C25H24FN3O2/c1-18-7-2-3-8-21(18)24(30)27-22-9-4-5-10-23(22)29-16-6-15-28(25(29)31)17-19-11-13-20(26)14-12-19/h2-5,7-14H,6,15-17H2,1H3,(H,27,30). The Morgan fingerprint density at radius 1 is 0.968 bits per heavy atom. The number of halogens is 1. The fraction of sp³-hybridized carbons (Fsp3) is 0.200. The Morgan fingerprint density at radius 3 is 2.45 bits per heavy atom. The molecule has 0 saturated carbocycles. The van der Waals surface area contributed by atoms with Crippen LogP contribution in [0.25, 0.3) is 0 Å². The number of nitrogens with one attached hydrogen (secondary N) is 1. The van der Waals surface area contributed by atoms with Gasteiger partial charge in [0.2, 0.25) is 0 Å². The molecule has 0 aliphatic carbocycles. The monoisotopic (exact) mass is 417 g/mol. The van der Waals surface area contributed by atoms with Gasteiger partial charge in [-0.25, -0.2) is 9.18 Å². The number of aryl methyl sites for hydroxylation is 1. The average molecular weight is 417 g/mol. The number of hydrogen-bond donors (Lipinski definition) is 1. The van der Waals surface area contributed by atoms with Crippen LogP contribution in [0.3, 0.4) is 0 Å². The van der Waals surface area contributed by atoms with Gasteiger partial charge in [-0.3, -0.25) is 9.69 Å². The molecule has 5 nitrogen and oxygen atoms in total. The Labute approximate surface area is 181 Å². The van der Waals surface area contributed by atoms with E-state index in [1.54, 1.807) is 34.1 Å². The molecular weight excluding hydrogens is 393 g/mol. The molecule has 1 N–H and O–H groups in total. The van der Waals surface area contributed by atoms with Crippen molar-refractivity contribution in [2.45, 2.75) is 19.9 Å². The van der Waals surface area contributed by atoms with Crippen LogP contribution in [0.15, 0.2) is 72.8 Å². The highest BCUT2D eigenvalue weighted by molar-refractivity contribution is 6.08. The number of para-hydroxylation sites is 2. The van der Waals surface area contributed by atoms with Crippen molar-refractivity contribution in [3.8, 4) is 0 Å². The summed E-state index contributed by atoms with van der Waals surface area (Å²) in [4.78, 5) is 29.5. The highest BCUT2D eigenvalue weighted by Crippen LogP contribution is 2.29. The topological polar surface area (TPSA) is 52.7 Å². The maximum Gasteiger partial charge on any atom is 0.324 e. The Bertz CT molecular complexity index is 1100. The van der Waals surface area contributed by atoms with E-state index in [4.69, 9.17) is 0 Å². The second-order valence-electron chi connectivity index (χ2n) is 7.62. The first-order valence-corrected chi connectivity index (χ1v) is 10.3. The van der Waals surface area contributed by atoms with Gasteiger partial charge in [0.1, 0.15) is 5.82 Å². The maximum atomic E-state index is 13.2. The predicted molar refractivity (Wildman–Crippen MR) is 120 cm³/mol.